The number of sulfone groups is 1. The maximum atomic E-state index is 13.6. The summed E-state index contributed by atoms with van der Waals surface area (Å²) in [4.78, 5) is 13.4. The second kappa shape index (κ2) is 8.46. The van der Waals surface area contributed by atoms with Crippen LogP contribution in [0, 0.1) is 13.8 Å². The molecule has 1 fully saturated rings. The van der Waals surface area contributed by atoms with E-state index >= 15 is 0 Å². The average Bonchev–Trinajstić information content (AvgIpc) is 3.20. The molecule has 2 aromatic carbocycles. The van der Waals surface area contributed by atoms with E-state index < -0.39 is 26.6 Å². The van der Waals surface area contributed by atoms with Crippen LogP contribution in [-0.4, -0.2) is 30.7 Å². The van der Waals surface area contributed by atoms with Crippen LogP contribution in [0.3, 0.4) is 0 Å². The Morgan fingerprint density at radius 2 is 1.76 bits per heavy atom. The van der Waals surface area contributed by atoms with Crippen LogP contribution in [0.5, 0.6) is 0 Å². The molecule has 3 rings (SSSR count). The lowest BCUT2D eigenvalue weighted by Gasteiger charge is -2.29. The molecule has 2 N–H and O–H groups in total. The Morgan fingerprint density at radius 1 is 1.14 bits per heavy atom. The first kappa shape index (κ1) is 21.8. The monoisotopic (exact) mass is 435 g/mol. The Hall–Kier alpha value is -1.89. The number of carbonyl (C=O) groups excluding carboxylic acids is 1. The summed E-state index contributed by atoms with van der Waals surface area (Å²) in [6.07, 6.45) is 0.976. The summed E-state index contributed by atoms with van der Waals surface area (Å²) in [5, 5.41) is 13.6. The third-order valence-corrected chi connectivity index (χ3v) is 8.58. The number of halogens is 1. The molecule has 1 saturated carbocycles. The number of hydrogen-bond donors (Lipinski definition) is 2. The molecule has 0 radical (unpaired) electrons. The molecule has 0 aromatic heterocycles. The minimum atomic E-state index is -3.88. The van der Waals surface area contributed by atoms with Gasteiger partial charge in [0.1, 0.15) is 0 Å². The minimum absolute atomic E-state index is 0.0649. The number of aliphatic hydroxyl groups excluding tert-OH is 1. The van der Waals surface area contributed by atoms with E-state index in [9.17, 15) is 18.3 Å². The standard InChI is InChI=1S/C22H26ClNO4S/c1-15-5-6-16(2)20(13-15)29(27,28)22(11-3-4-12-22)21(26)24-14-19(25)17-7-9-18(23)10-8-17/h5-10,13,19,25H,3-4,11-12,14H2,1-2H3,(H,24,26). The minimum Gasteiger partial charge on any atom is -0.387 e. The van der Waals surface area contributed by atoms with Crippen LogP contribution in [0.25, 0.3) is 0 Å². The van der Waals surface area contributed by atoms with Crippen LogP contribution in [0.4, 0.5) is 0 Å². The smallest absolute Gasteiger partial charge is 0.241 e. The van der Waals surface area contributed by atoms with E-state index in [0.29, 0.717) is 29.0 Å². The van der Waals surface area contributed by atoms with Crippen LogP contribution in [0.15, 0.2) is 47.4 Å². The van der Waals surface area contributed by atoms with Crippen LogP contribution in [-0.2, 0) is 14.6 Å². The lowest BCUT2D eigenvalue weighted by Crippen LogP contribution is -2.51. The molecule has 29 heavy (non-hydrogen) atoms. The highest BCUT2D eigenvalue weighted by Crippen LogP contribution is 2.41. The molecule has 0 saturated heterocycles. The van der Waals surface area contributed by atoms with Crippen molar-refractivity contribution in [1.82, 2.24) is 5.32 Å². The van der Waals surface area contributed by atoms with Crippen molar-refractivity contribution in [2.24, 2.45) is 0 Å². The zero-order valence-electron chi connectivity index (χ0n) is 16.6. The number of amides is 1. The van der Waals surface area contributed by atoms with Gasteiger partial charge < -0.3 is 10.4 Å². The molecule has 0 heterocycles. The second-order valence-electron chi connectivity index (χ2n) is 7.75. The predicted octanol–water partition coefficient (Wildman–Crippen LogP) is 3.89. The zero-order chi connectivity index (χ0) is 21.2. The van der Waals surface area contributed by atoms with Gasteiger partial charge in [-0.15, -0.1) is 0 Å². The maximum absolute atomic E-state index is 13.6. The molecule has 156 valence electrons. The van der Waals surface area contributed by atoms with Gasteiger partial charge in [-0.1, -0.05) is 48.7 Å². The molecule has 5 nitrogen and oxygen atoms in total. The van der Waals surface area contributed by atoms with Gasteiger partial charge in [0.2, 0.25) is 5.91 Å². The summed E-state index contributed by atoms with van der Waals surface area (Å²) in [7, 11) is -3.88. The largest absolute Gasteiger partial charge is 0.387 e. The van der Waals surface area contributed by atoms with E-state index in [0.717, 1.165) is 5.56 Å². The first-order valence-electron chi connectivity index (χ1n) is 9.71. The molecule has 0 bridgehead atoms. The Balaban J connectivity index is 1.85. The molecule has 1 unspecified atom stereocenters. The van der Waals surface area contributed by atoms with Crippen molar-refractivity contribution in [3.8, 4) is 0 Å². The highest BCUT2D eigenvalue weighted by Gasteiger charge is 2.53. The molecular weight excluding hydrogens is 410 g/mol. The fourth-order valence-electron chi connectivity index (χ4n) is 3.92. The first-order chi connectivity index (χ1) is 13.7. The van der Waals surface area contributed by atoms with E-state index in [1.54, 1.807) is 43.3 Å². The van der Waals surface area contributed by atoms with Gasteiger partial charge in [-0.3, -0.25) is 4.79 Å². The summed E-state index contributed by atoms with van der Waals surface area (Å²) in [6.45, 7) is 3.52. The molecule has 1 aliphatic carbocycles. The summed E-state index contributed by atoms with van der Waals surface area (Å²) in [5.74, 6) is -0.538. The van der Waals surface area contributed by atoms with Crippen LogP contribution < -0.4 is 5.32 Å². The van der Waals surface area contributed by atoms with Gasteiger partial charge in [-0.05, 0) is 61.6 Å². The Bertz CT molecular complexity index is 996. The van der Waals surface area contributed by atoms with Crippen molar-refractivity contribution in [2.75, 3.05) is 6.54 Å². The summed E-state index contributed by atoms with van der Waals surface area (Å²) in [6, 6.07) is 11.9. The van der Waals surface area contributed by atoms with Crippen LogP contribution >= 0.6 is 11.6 Å². The van der Waals surface area contributed by atoms with Gasteiger partial charge in [0.25, 0.3) is 0 Å². The molecule has 7 heteroatoms. The number of benzene rings is 2. The maximum Gasteiger partial charge on any atom is 0.241 e. The highest BCUT2D eigenvalue weighted by atomic mass is 35.5. The van der Waals surface area contributed by atoms with Crippen molar-refractivity contribution in [2.45, 2.75) is 55.3 Å². The Morgan fingerprint density at radius 3 is 2.38 bits per heavy atom. The number of rotatable bonds is 6. The molecule has 1 atom stereocenters. The Kier molecular flexibility index (Phi) is 6.36. The molecule has 0 aliphatic heterocycles. The van der Waals surface area contributed by atoms with Crippen molar-refractivity contribution in [1.29, 1.82) is 0 Å². The fourth-order valence-corrected chi connectivity index (χ4v) is 6.45. The number of carbonyl (C=O) groups is 1. The highest BCUT2D eigenvalue weighted by molar-refractivity contribution is 7.93. The fraction of sp³-hybridized carbons (Fsp3) is 0.409. The van der Waals surface area contributed by atoms with Crippen molar-refractivity contribution < 1.29 is 18.3 Å². The molecular formula is C22H26ClNO4S. The van der Waals surface area contributed by atoms with Gasteiger partial charge in [0, 0.05) is 11.6 Å². The van der Waals surface area contributed by atoms with Gasteiger partial charge in [0.05, 0.1) is 11.0 Å². The van der Waals surface area contributed by atoms with Gasteiger partial charge >= 0.3 is 0 Å². The van der Waals surface area contributed by atoms with E-state index in [4.69, 9.17) is 11.6 Å². The molecule has 1 amide bonds. The van der Waals surface area contributed by atoms with Gasteiger partial charge in [-0.25, -0.2) is 8.42 Å². The Labute approximate surface area is 177 Å². The van der Waals surface area contributed by atoms with Crippen molar-refractivity contribution >= 4 is 27.3 Å². The molecule has 2 aromatic rings. The van der Waals surface area contributed by atoms with E-state index in [2.05, 4.69) is 5.32 Å². The number of hydrogen-bond acceptors (Lipinski definition) is 4. The number of aliphatic hydroxyl groups is 1. The van der Waals surface area contributed by atoms with Crippen LogP contribution in [0.2, 0.25) is 5.02 Å². The summed E-state index contributed by atoms with van der Waals surface area (Å²) >= 11 is 5.86. The lowest BCUT2D eigenvalue weighted by atomic mass is 10.1. The van der Waals surface area contributed by atoms with Gasteiger partial charge in [0.15, 0.2) is 14.6 Å². The average molecular weight is 436 g/mol. The molecule has 1 aliphatic rings. The quantitative estimate of drug-likeness (QED) is 0.720. The number of aryl methyl sites for hydroxylation is 2. The van der Waals surface area contributed by atoms with Gasteiger partial charge in [-0.2, -0.15) is 0 Å². The van der Waals surface area contributed by atoms with Crippen molar-refractivity contribution in [3.63, 3.8) is 0 Å². The predicted molar refractivity (Wildman–Crippen MR) is 114 cm³/mol. The van der Waals surface area contributed by atoms with E-state index in [1.165, 1.54) is 0 Å². The zero-order valence-corrected chi connectivity index (χ0v) is 18.2. The second-order valence-corrected chi connectivity index (χ2v) is 10.4. The topological polar surface area (TPSA) is 83.5 Å². The summed E-state index contributed by atoms with van der Waals surface area (Å²) in [5.41, 5.74) is 2.07. The van der Waals surface area contributed by atoms with Crippen molar-refractivity contribution in [3.05, 3.63) is 64.2 Å². The number of nitrogens with one attached hydrogen (secondary N) is 1. The third kappa shape index (κ3) is 4.20. The van der Waals surface area contributed by atoms with E-state index in [1.807, 2.05) is 13.0 Å². The third-order valence-electron chi connectivity index (χ3n) is 5.68. The summed E-state index contributed by atoms with van der Waals surface area (Å²) < 4.78 is 25.7. The lowest BCUT2D eigenvalue weighted by molar-refractivity contribution is -0.124. The first-order valence-corrected chi connectivity index (χ1v) is 11.6. The van der Waals surface area contributed by atoms with E-state index in [-0.39, 0.29) is 24.3 Å². The normalized spacial score (nSPS) is 17.1. The molecule has 0 spiro atoms. The van der Waals surface area contributed by atoms with Crippen LogP contribution in [0.1, 0.15) is 48.5 Å². The SMILES string of the molecule is Cc1ccc(C)c(S(=O)(=O)C2(C(=O)NCC(O)c3ccc(Cl)cc3)CCCC2)c1.